The SMILES string of the molecule is CCCCCC(CC)Cc1ccc(NC(=O)C(=N)c2cc(-c3cncc(CN(C)C)c3)ccc2N)cn1. The number of pyridine rings is 2. The molecule has 0 aliphatic carbocycles. The number of hydrogen-bond donors (Lipinski definition) is 3. The molecule has 2 aromatic heterocycles. The highest BCUT2D eigenvalue weighted by atomic mass is 16.1. The van der Waals surface area contributed by atoms with Crippen LogP contribution in [-0.4, -0.2) is 40.6 Å². The van der Waals surface area contributed by atoms with Crippen LogP contribution in [0.2, 0.25) is 0 Å². The second-order valence-electron chi connectivity index (χ2n) is 9.96. The Balaban J connectivity index is 1.68. The monoisotopic (exact) mass is 500 g/mol. The van der Waals surface area contributed by atoms with E-state index in [1.54, 1.807) is 24.5 Å². The highest BCUT2D eigenvalue weighted by Crippen LogP contribution is 2.25. The van der Waals surface area contributed by atoms with E-state index in [-0.39, 0.29) is 5.71 Å². The first-order valence-electron chi connectivity index (χ1n) is 13.1. The first-order valence-corrected chi connectivity index (χ1v) is 13.1. The molecule has 37 heavy (non-hydrogen) atoms. The van der Waals surface area contributed by atoms with Gasteiger partial charge < -0.3 is 16.0 Å². The van der Waals surface area contributed by atoms with Crippen LogP contribution in [0, 0.1) is 11.3 Å². The van der Waals surface area contributed by atoms with Crippen molar-refractivity contribution < 1.29 is 4.79 Å². The molecule has 0 spiro atoms. The molecule has 3 aromatic rings. The van der Waals surface area contributed by atoms with Gasteiger partial charge in [-0.25, -0.2) is 0 Å². The van der Waals surface area contributed by atoms with Gasteiger partial charge in [-0.05, 0) is 67.9 Å². The number of carbonyl (C=O) groups is 1. The van der Waals surface area contributed by atoms with Crippen LogP contribution in [0.3, 0.4) is 0 Å². The molecule has 3 rings (SSSR count). The van der Waals surface area contributed by atoms with E-state index in [0.29, 0.717) is 22.9 Å². The summed E-state index contributed by atoms with van der Waals surface area (Å²) in [6.07, 6.45) is 12.3. The van der Waals surface area contributed by atoms with Gasteiger partial charge in [-0.15, -0.1) is 0 Å². The Morgan fingerprint density at radius 2 is 1.86 bits per heavy atom. The normalized spacial score (nSPS) is 11.9. The molecule has 0 fully saturated rings. The summed E-state index contributed by atoms with van der Waals surface area (Å²) in [6.45, 7) is 5.23. The molecule has 1 aromatic carbocycles. The summed E-state index contributed by atoms with van der Waals surface area (Å²) in [7, 11) is 4.01. The molecule has 0 aliphatic heterocycles. The van der Waals surface area contributed by atoms with Gasteiger partial charge in [0, 0.05) is 41.4 Å². The van der Waals surface area contributed by atoms with Crippen LogP contribution in [-0.2, 0) is 17.8 Å². The van der Waals surface area contributed by atoms with E-state index >= 15 is 0 Å². The van der Waals surface area contributed by atoms with Crippen molar-refractivity contribution in [1.29, 1.82) is 5.41 Å². The third-order valence-corrected chi connectivity index (χ3v) is 6.55. The number of unbranched alkanes of at least 4 members (excludes halogenated alkanes) is 2. The summed E-state index contributed by atoms with van der Waals surface area (Å²) in [5, 5.41) is 11.3. The number of nitrogen functional groups attached to an aromatic ring is 1. The van der Waals surface area contributed by atoms with Crippen molar-refractivity contribution in [3.05, 3.63) is 71.8 Å². The van der Waals surface area contributed by atoms with Crippen molar-refractivity contribution in [2.75, 3.05) is 25.1 Å². The molecule has 7 nitrogen and oxygen atoms in total. The number of benzene rings is 1. The van der Waals surface area contributed by atoms with Gasteiger partial charge in [0.2, 0.25) is 0 Å². The molecule has 2 heterocycles. The number of rotatable bonds is 13. The molecular formula is C30H40N6O. The number of hydrogen-bond acceptors (Lipinski definition) is 6. The van der Waals surface area contributed by atoms with E-state index in [1.807, 2.05) is 38.5 Å². The second kappa shape index (κ2) is 13.7. The summed E-state index contributed by atoms with van der Waals surface area (Å²) in [5.41, 5.74) is 11.2. The van der Waals surface area contributed by atoms with E-state index in [1.165, 1.54) is 25.7 Å². The van der Waals surface area contributed by atoms with Crippen LogP contribution in [0.5, 0.6) is 0 Å². The number of anilines is 2. The zero-order valence-electron chi connectivity index (χ0n) is 22.6. The maximum Gasteiger partial charge on any atom is 0.274 e. The van der Waals surface area contributed by atoms with Gasteiger partial charge in [0.15, 0.2) is 0 Å². The van der Waals surface area contributed by atoms with Gasteiger partial charge >= 0.3 is 0 Å². The zero-order chi connectivity index (χ0) is 26.8. The Labute approximate surface area is 221 Å². The van der Waals surface area contributed by atoms with Crippen LogP contribution in [0.1, 0.15) is 62.8 Å². The fourth-order valence-corrected chi connectivity index (χ4v) is 4.41. The minimum atomic E-state index is -0.524. The molecule has 196 valence electrons. The van der Waals surface area contributed by atoms with Gasteiger partial charge in [-0.2, -0.15) is 0 Å². The second-order valence-corrected chi connectivity index (χ2v) is 9.96. The van der Waals surface area contributed by atoms with Gasteiger partial charge in [-0.1, -0.05) is 52.0 Å². The van der Waals surface area contributed by atoms with Crippen LogP contribution in [0.4, 0.5) is 11.4 Å². The quantitative estimate of drug-likeness (QED) is 0.153. The van der Waals surface area contributed by atoms with Crippen molar-refractivity contribution in [3.8, 4) is 11.1 Å². The fraction of sp³-hybridized carbons (Fsp3) is 0.400. The highest BCUT2D eigenvalue weighted by Gasteiger charge is 2.17. The van der Waals surface area contributed by atoms with Crippen LogP contribution in [0.25, 0.3) is 11.1 Å². The molecule has 1 amide bonds. The Morgan fingerprint density at radius 3 is 2.54 bits per heavy atom. The number of nitrogens with two attached hydrogens (primary N) is 1. The highest BCUT2D eigenvalue weighted by molar-refractivity contribution is 6.48. The van der Waals surface area contributed by atoms with Crippen molar-refractivity contribution in [2.24, 2.45) is 5.92 Å². The smallest absolute Gasteiger partial charge is 0.274 e. The Bertz CT molecular complexity index is 1190. The van der Waals surface area contributed by atoms with E-state index in [9.17, 15) is 4.79 Å². The average molecular weight is 501 g/mol. The van der Waals surface area contributed by atoms with Crippen LogP contribution in [0.15, 0.2) is 55.0 Å². The summed E-state index contributed by atoms with van der Waals surface area (Å²) >= 11 is 0. The van der Waals surface area contributed by atoms with E-state index in [2.05, 4.69) is 40.1 Å². The molecule has 1 atom stereocenters. The minimum absolute atomic E-state index is 0.192. The van der Waals surface area contributed by atoms with E-state index in [4.69, 9.17) is 11.1 Å². The molecule has 0 aliphatic rings. The number of aromatic nitrogens is 2. The first-order chi connectivity index (χ1) is 17.8. The van der Waals surface area contributed by atoms with E-state index < -0.39 is 5.91 Å². The predicted molar refractivity (Wildman–Crippen MR) is 153 cm³/mol. The van der Waals surface area contributed by atoms with Crippen molar-refractivity contribution in [3.63, 3.8) is 0 Å². The molecule has 0 radical (unpaired) electrons. The molecule has 0 saturated carbocycles. The largest absolute Gasteiger partial charge is 0.398 e. The third kappa shape index (κ3) is 8.22. The minimum Gasteiger partial charge on any atom is -0.398 e. The molecule has 7 heteroatoms. The first kappa shape index (κ1) is 28.0. The lowest BCUT2D eigenvalue weighted by Gasteiger charge is -2.15. The summed E-state index contributed by atoms with van der Waals surface area (Å²) in [6, 6.07) is 11.3. The van der Waals surface area contributed by atoms with Crippen molar-refractivity contribution in [1.82, 2.24) is 14.9 Å². The lowest BCUT2D eigenvalue weighted by Crippen LogP contribution is -2.24. The predicted octanol–water partition coefficient (Wildman–Crippen LogP) is 5.94. The lowest BCUT2D eigenvalue weighted by atomic mass is 9.93. The molecular weight excluding hydrogens is 460 g/mol. The number of carbonyl (C=O) groups excluding carboxylic acids is 1. The Hall–Kier alpha value is -3.58. The van der Waals surface area contributed by atoms with Gasteiger partial charge in [0.25, 0.3) is 5.91 Å². The zero-order valence-corrected chi connectivity index (χ0v) is 22.6. The van der Waals surface area contributed by atoms with E-state index in [0.717, 1.165) is 41.8 Å². The topological polar surface area (TPSA) is 108 Å². The van der Waals surface area contributed by atoms with Gasteiger partial charge in [0.1, 0.15) is 5.71 Å². The molecule has 0 saturated heterocycles. The average Bonchev–Trinajstić information content (AvgIpc) is 2.89. The number of nitrogens with one attached hydrogen (secondary N) is 2. The van der Waals surface area contributed by atoms with Gasteiger partial charge in [0.05, 0.1) is 11.9 Å². The third-order valence-electron chi connectivity index (χ3n) is 6.55. The van der Waals surface area contributed by atoms with Gasteiger partial charge in [-0.3, -0.25) is 20.2 Å². The maximum atomic E-state index is 12.9. The molecule has 4 N–H and O–H groups in total. The summed E-state index contributed by atoms with van der Waals surface area (Å²) < 4.78 is 0. The number of amides is 1. The van der Waals surface area contributed by atoms with Crippen LogP contribution >= 0.6 is 0 Å². The molecule has 0 bridgehead atoms. The summed E-state index contributed by atoms with van der Waals surface area (Å²) in [4.78, 5) is 23.9. The number of nitrogens with zero attached hydrogens (tertiary/aromatic N) is 3. The summed E-state index contributed by atoms with van der Waals surface area (Å²) in [5.74, 6) is 0.102. The maximum absolute atomic E-state index is 12.9. The fourth-order valence-electron chi connectivity index (χ4n) is 4.41. The van der Waals surface area contributed by atoms with Crippen molar-refractivity contribution >= 4 is 23.0 Å². The Morgan fingerprint density at radius 1 is 1.05 bits per heavy atom. The van der Waals surface area contributed by atoms with Crippen molar-refractivity contribution in [2.45, 2.75) is 58.9 Å². The molecule has 1 unspecified atom stereocenters. The van der Waals surface area contributed by atoms with Crippen LogP contribution < -0.4 is 11.1 Å². The standard InChI is InChI=1S/C30H40N6O/c1-5-7-8-9-21(6-2)15-25-11-12-26(19-34-25)35-30(37)29(32)27-16-23(10-13-28(27)31)24-14-22(17-33-18-24)20-36(3)4/h10-14,16-19,21,32H,5-9,15,20,31H2,1-4H3,(H,35,37). The Kier molecular flexibility index (Phi) is 10.3. The lowest BCUT2D eigenvalue weighted by molar-refractivity contribution is -0.110.